The Kier molecular flexibility index (Phi) is 4.32. The van der Waals surface area contributed by atoms with E-state index in [1.165, 1.54) is 14.2 Å². The molecule has 4 nitrogen and oxygen atoms in total. The van der Waals surface area contributed by atoms with Gasteiger partial charge < -0.3 is 9.57 Å². The molecule has 0 amide bonds. The molecule has 1 aromatic carbocycles. The third kappa shape index (κ3) is 3.01. The molecule has 0 aromatic heterocycles. The summed E-state index contributed by atoms with van der Waals surface area (Å²) in [6.45, 7) is 0. The van der Waals surface area contributed by atoms with Crippen molar-refractivity contribution in [1.29, 1.82) is 0 Å². The van der Waals surface area contributed by atoms with Crippen molar-refractivity contribution in [3.63, 3.8) is 0 Å². The first-order chi connectivity index (χ1) is 9.08. The van der Waals surface area contributed by atoms with Crippen molar-refractivity contribution in [1.82, 2.24) is 0 Å². The first-order valence-corrected chi connectivity index (χ1v) is 6.48. The summed E-state index contributed by atoms with van der Waals surface area (Å²) in [4.78, 5) is 16.3. The lowest BCUT2D eigenvalue weighted by molar-refractivity contribution is -0.142. The number of ether oxygens (including phenoxy) is 1. The Bertz CT molecular complexity index is 531. The second-order valence-electron chi connectivity index (χ2n) is 4.26. The summed E-state index contributed by atoms with van der Waals surface area (Å²) >= 11 is 11.9. The fraction of sp³-hybridized carbons (Fsp3) is 0.385. The maximum absolute atomic E-state index is 11.5. The highest BCUT2D eigenvalue weighted by atomic mass is 35.5. The molecule has 1 aliphatic rings. The summed E-state index contributed by atoms with van der Waals surface area (Å²) in [6.07, 6.45) is 0.703. The minimum atomic E-state index is -0.228. The van der Waals surface area contributed by atoms with Crippen LogP contribution in [-0.2, 0) is 14.4 Å². The molecule has 1 aromatic rings. The van der Waals surface area contributed by atoms with Gasteiger partial charge in [0.05, 0.1) is 28.8 Å². The van der Waals surface area contributed by atoms with Gasteiger partial charge in [-0.2, -0.15) is 0 Å². The molecule has 2 atom stereocenters. The van der Waals surface area contributed by atoms with Crippen LogP contribution in [0.5, 0.6) is 0 Å². The maximum atomic E-state index is 11.5. The Labute approximate surface area is 121 Å². The van der Waals surface area contributed by atoms with Crippen LogP contribution < -0.4 is 0 Å². The van der Waals surface area contributed by atoms with E-state index in [4.69, 9.17) is 32.8 Å². The number of hydrogen-bond acceptors (Lipinski definition) is 4. The van der Waals surface area contributed by atoms with Gasteiger partial charge in [-0.25, -0.2) is 0 Å². The molecular formula is C13H13Cl2NO3. The van der Waals surface area contributed by atoms with Gasteiger partial charge >= 0.3 is 5.97 Å². The van der Waals surface area contributed by atoms with Crippen LogP contribution in [0.3, 0.4) is 0 Å². The lowest BCUT2D eigenvalue weighted by Crippen LogP contribution is -2.11. The zero-order valence-corrected chi connectivity index (χ0v) is 12.0. The SMILES string of the molecule is CO/N=C(/c1ccc(Cl)c(Cl)c1)[C@H]1C[C@@H]1C(=O)OC. The van der Waals surface area contributed by atoms with Gasteiger partial charge in [-0.05, 0) is 18.6 Å². The van der Waals surface area contributed by atoms with E-state index in [0.717, 1.165) is 5.56 Å². The van der Waals surface area contributed by atoms with Gasteiger partial charge in [0.25, 0.3) is 0 Å². The smallest absolute Gasteiger partial charge is 0.309 e. The van der Waals surface area contributed by atoms with Crippen LogP contribution in [0, 0.1) is 11.8 Å². The molecule has 0 saturated heterocycles. The Balaban J connectivity index is 2.25. The number of esters is 1. The number of oxime groups is 1. The highest BCUT2D eigenvalue weighted by molar-refractivity contribution is 6.42. The number of rotatable bonds is 4. The van der Waals surface area contributed by atoms with Crippen LogP contribution in [-0.4, -0.2) is 25.9 Å². The average Bonchev–Trinajstić information content (AvgIpc) is 3.18. The highest BCUT2D eigenvalue weighted by Crippen LogP contribution is 2.42. The van der Waals surface area contributed by atoms with E-state index in [1.807, 2.05) is 0 Å². The number of nitrogens with zero attached hydrogens (tertiary/aromatic N) is 1. The monoisotopic (exact) mass is 301 g/mol. The zero-order chi connectivity index (χ0) is 14.0. The number of benzene rings is 1. The maximum Gasteiger partial charge on any atom is 0.309 e. The number of halogens is 2. The number of carbonyl (C=O) groups excluding carboxylic acids is 1. The summed E-state index contributed by atoms with van der Waals surface area (Å²) < 4.78 is 4.73. The van der Waals surface area contributed by atoms with E-state index in [1.54, 1.807) is 18.2 Å². The van der Waals surface area contributed by atoms with Gasteiger partial charge in [-0.1, -0.05) is 34.4 Å². The van der Waals surface area contributed by atoms with E-state index in [-0.39, 0.29) is 17.8 Å². The first kappa shape index (κ1) is 14.2. The summed E-state index contributed by atoms with van der Waals surface area (Å²) in [5.41, 5.74) is 1.49. The lowest BCUT2D eigenvalue weighted by atomic mass is 10.1. The quantitative estimate of drug-likeness (QED) is 0.487. The molecule has 19 heavy (non-hydrogen) atoms. The highest BCUT2D eigenvalue weighted by Gasteiger charge is 2.48. The minimum Gasteiger partial charge on any atom is -0.469 e. The molecule has 2 rings (SSSR count). The molecule has 6 heteroatoms. The Morgan fingerprint density at radius 1 is 1.26 bits per heavy atom. The lowest BCUT2D eigenvalue weighted by Gasteiger charge is -2.06. The van der Waals surface area contributed by atoms with Gasteiger partial charge in [-0.15, -0.1) is 0 Å². The van der Waals surface area contributed by atoms with Gasteiger partial charge in [0, 0.05) is 11.5 Å². The van der Waals surface area contributed by atoms with Crippen molar-refractivity contribution in [3.05, 3.63) is 33.8 Å². The van der Waals surface area contributed by atoms with Crippen molar-refractivity contribution >= 4 is 34.9 Å². The van der Waals surface area contributed by atoms with Crippen molar-refractivity contribution in [2.45, 2.75) is 6.42 Å². The molecule has 0 aliphatic heterocycles. The molecule has 102 valence electrons. The molecule has 0 spiro atoms. The molecule has 1 aliphatic carbocycles. The van der Waals surface area contributed by atoms with Gasteiger partial charge in [0.2, 0.25) is 0 Å². The Morgan fingerprint density at radius 2 is 2.00 bits per heavy atom. The molecule has 0 heterocycles. The fourth-order valence-electron chi connectivity index (χ4n) is 2.00. The first-order valence-electron chi connectivity index (χ1n) is 5.72. The van der Waals surface area contributed by atoms with Crippen LogP contribution in [0.25, 0.3) is 0 Å². The third-order valence-electron chi connectivity index (χ3n) is 3.05. The summed E-state index contributed by atoms with van der Waals surface area (Å²) in [6, 6.07) is 5.22. The number of carbonyl (C=O) groups is 1. The second-order valence-corrected chi connectivity index (χ2v) is 5.07. The number of hydrogen-bond donors (Lipinski definition) is 0. The van der Waals surface area contributed by atoms with E-state index >= 15 is 0 Å². The summed E-state index contributed by atoms with van der Waals surface area (Å²) in [5.74, 6) is -0.383. The van der Waals surface area contributed by atoms with Crippen LogP contribution in [0.1, 0.15) is 12.0 Å². The predicted octanol–water partition coefficient (Wildman–Crippen LogP) is 3.15. The molecular weight excluding hydrogens is 289 g/mol. The van der Waals surface area contributed by atoms with E-state index in [9.17, 15) is 4.79 Å². The van der Waals surface area contributed by atoms with Crippen molar-refractivity contribution in [2.24, 2.45) is 17.0 Å². The summed E-state index contributed by atoms with van der Waals surface area (Å²) in [7, 11) is 2.84. The third-order valence-corrected chi connectivity index (χ3v) is 3.79. The normalized spacial score (nSPS) is 22.0. The summed E-state index contributed by atoms with van der Waals surface area (Å²) in [5, 5.41) is 4.92. The van der Waals surface area contributed by atoms with E-state index in [2.05, 4.69) is 5.16 Å². The topological polar surface area (TPSA) is 47.9 Å². The molecule has 0 radical (unpaired) electrons. The van der Waals surface area contributed by atoms with Crippen LogP contribution in [0.2, 0.25) is 10.0 Å². The molecule has 0 N–H and O–H groups in total. The van der Waals surface area contributed by atoms with Crippen LogP contribution in [0.4, 0.5) is 0 Å². The predicted molar refractivity (Wildman–Crippen MR) is 73.6 cm³/mol. The van der Waals surface area contributed by atoms with Gasteiger partial charge in [0.15, 0.2) is 0 Å². The van der Waals surface area contributed by atoms with Crippen molar-refractivity contribution in [3.8, 4) is 0 Å². The Hall–Kier alpha value is -1.26. The molecule has 1 saturated carbocycles. The van der Waals surface area contributed by atoms with Crippen molar-refractivity contribution < 1.29 is 14.4 Å². The Morgan fingerprint density at radius 3 is 2.58 bits per heavy atom. The second kappa shape index (κ2) is 5.80. The van der Waals surface area contributed by atoms with Gasteiger partial charge in [0.1, 0.15) is 7.11 Å². The van der Waals surface area contributed by atoms with Gasteiger partial charge in [-0.3, -0.25) is 4.79 Å². The fourth-order valence-corrected chi connectivity index (χ4v) is 2.30. The molecule has 0 bridgehead atoms. The van der Waals surface area contributed by atoms with Crippen LogP contribution in [0.15, 0.2) is 23.4 Å². The largest absolute Gasteiger partial charge is 0.469 e. The minimum absolute atomic E-state index is 0.00430. The van der Waals surface area contributed by atoms with Crippen LogP contribution >= 0.6 is 23.2 Å². The molecule has 1 fully saturated rings. The van der Waals surface area contributed by atoms with E-state index < -0.39 is 0 Å². The van der Waals surface area contributed by atoms with E-state index in [0.29, 0.717) is 22.2 Å². The molecule has 0 unspecified atom stereocenters. The number of methoxy groups -OCH3 is 1. The zero-order valence-electron chi connectivity index (χ0n) is 10.5. The standard InChI is InChI=1S/C13H13Cl2NO3/c1-18-13(17)9-6-8(9)12(16-19-2)7-3-4-10(14)11(15)5-7/h3-5,8-9H,6H2,1-2H3/b16-12-/t8-,9-/m0/s1. The van der Waals surface area contributed by atoms with Crippen molar-refractivity contribution in [2.75, 3.05) is 14.2 Å². The average molecular weight is 302 g/mol.